The van der Waals surface area contributed by atoms with E-state index in [0.717, 1.165) is 70.0 Å². The first-order valence-electron chi connectivity index (χ1n) is 14.3. The van der Waals surface area contributed by atoms with Gasteiger partial charge in [0.1, 0.15) is 5.82 Å². The zero-order valence-electron chi connectivity index (χ0n) is 21.9. The van der Waals surface area contributed by atoms with Crippen LogP contribution in [0.2, 0.25) is 0 Å². The Morgan fingerprint density at radius 2 is 1.75 bits per heavy atom. The summed E-state index contributed by atoms with van der Waals surface area (Å²) in [5.74, 6) is 0.485. The molecule has 202 valence electrons. The lowest BCUT2D eigenvalue weighted by Gasteiger charge is -2.35. The number of rotatable bonds is 7. The van der Waals surface area contributed by atoms with Crippen LogP contribution >= 0.6 is 0 Å². The quantitative estimate of drug-likeness (QED) is 0.484. The number of likely N-dealkylation sites (tertiary alicyclic amines) is 1. The van der Waals surface area contributed by atoms with E-state index >= 15 is 0 Å². The summed E-state index contributed by atoms with van der Waals surface area (Å²) in [6.45, 7) is 6.65. The summed E-state index contributed by atoms with van der Waals surface area (Å²) >= 11 is 0. The van der Waals surface area contributed by atoms with Crippen molar-refractivity contribution >= 4 is 11.8 Å². The van der Waals surface area contributed by atoms with E-state index in [2.05, 4.69) is 20.1 Å². The number of hydrogen-bond acceptors (Lipinski definition) is 9. The third-order valence-corrected chi connectivity index (χ3v) is 8.56. The van der Waals surface area contributed by atoms with Gasteiger partial charge in [0, 0.05) is 63.7 Å². The van der Waals surface area contributed by atoms with E-state index in [1.54, 1.807) is 0 Å². The molecule has 4 fully saturated rings. The van der Waals surface area contributed by atoms with Crippen molar-refractivity contribution in [3.8, 4) is 0 Å². The van der Waals surface area contributed by atoms with Crippen LogP contribution < -0.4 is 10.2 Å². The molecule has 0 spiro atoms. The van der Waals surface area contributed by atoms with Crippen molar-refractivity contribution in [3.05, 3.63) is 12.3 Å². The van der Waals surface area contributed by atoms with Crippen LogP contribution in [-0.4, -0.2) is 88.1 Å². The molecule has 3 saturated heterocycles. The van der Waals surface area contributed by atoms with Crippen molar-refractivity contribution in [1.29, 1.82) is 0 Å². The number of ether oxygens (including phenoxy) is 2. The summed E-state index contributed by atoms with van der Waals surface area (Å²) in [7, 11) is 0. The highest BCUT2D eigenvalue weighted by Crippen LogP contribution is 2.36. The second kappa shape index (κ2) is 11.9. The van der Waals surface area contributed by atoms with Gasteiger partial charge in [-0.25, -0.2) is 4.98 Å². The van der Waals surface area contributed by atoms with Crippen LogP contribution in [0.4, 0.5) is 11.8 Å². The van der Waals surface area contributed by atoms with E-state index in [9.17, 15) is 10.2 Å². The highest BCUT2D eigenvalue weighted by Gasteiger charge is 2.46. The Morgan fingerprint density at radius 1 is 1.06 bits per heavy atom. The fourth-order valence-electron chi connectivity index (χ4n) is 6.19. The van der Waals surface area contributed by atoms with Crippen LogP contribution in [-0.2, 0) is 9.47 Å². The summed E-state index contributed by atoms with van der Waals surface area (Å²) in [6.07, 6.45) is 11.9. The lowest BCUT2D eigenvalue weighted by molar-refractivity contribution is -0.304. The Balaban J connectivity index is 1.08. The van der Waals surface area contributed by atoms with E-state index in [1.807, 2.05) is 19.2 Å². The summed E-state index contributed by atoms with van der Waals surface area (Å²) in [4.78, 5) is 14.1. The van der Waals surface area contributed by atoms with Crippen molar-refractivity contribution < 1.29 is 19.7 Å². The molecule has 4 atom stereocenters. The molecule has 0 aromatic carbocycles. The van der Waals surface area contributed by atoms with Gasteiger partial charge in [-0.2, -0.15) is 4.98 Å². The maximum absolute atomic E-state index is 10.8. The monoisotopic (exact) mass is 503 g/mol. The summed E-state index contributed by atoms with van der Waals surface area (Å²) in [6, 6.07) is 2.36. The number of anilines is 2. The first-order chi connectivity index (χ1) is 17.5. The second-order valence-electron chi connectivity index (χ2n) is 11.4. The van der Waals surface area contributed by atoms with Crippen molar-refractivity contribution in [2.24, 2.45) is 5.92 Å². The third-order valence-electron chi connectivity index (χ3n) is 8.56. The minimum atomic E-state index is -1.11. The minimum Gasteiger partial charge on any atom is -0.390 e. The van der Waals surface area contributed by atoms with Gasteiger partial charge >= 0.3 is 0 Å². The SMILES string of the molecule is C[C@H]1[C@@H](OC2(O)CCCCC2)O[C@H](CN2CCC(Nc3nccc(N4CCCCCC4)n3)CC2)[C@@H]1O. The average Bonchev–Trinajstić information content (AvgIpc) is 3.07. The van der Waals surface area contributed by atoms with Crippen LogP contribution in [0.5, 0.6) is 0 Å². The molecule has 4 heterocycles. The van der Waals surface area contributed by atoms with Crippen molar-refractivity contribution in [3.63, 3.8) is 0 Å². The van der Waals surface area contributed by atoms with Gasteiger partial charge in [-0.3, -0.25) is 0 Å². The fourth-order valence-corrected chi connectivity index (χ4v) is 6.19. The van der Waals surface area contributed by atoms with Crippen molar-refractivity contribution in [1.82, 2.24) is 14.9 Å². The smallest absolute Gasteiger partial charge is 0.224 e. The van der Waals surface area contributed by atoms with Crippen LogP contribution in [0.3, 0.4) is 0 Å². The first kappa shape index (κ1) is 26.1. The third kappa shape index (κ3) is 6.48. The molecule has 36 heavy (non-hydrogen) atoms. The Hall–Kier alpha value is -1.52. The van der Waals surface area contributed by atoms with Gasteiger partial charge in [0.2, 0.25) is 5.95 Å². The molecule has 5 rings (SSSR count). The van der Waals surface area contributed by atoms with Gasteiger partial charge in [0.15, 0.2) is 12.1 Å². The number of piperidine rings is 1. The molecule has 4 aliphatic rings. The van der Waals surface area contributed by atoms with E-state index in [-0.39, 0.29) is 12.0 Å². The molecule has 0 bridgehead atoms. The number of aliphatic hydroxyl groups is 2. The highest BCUT2D eigenvalue weighted by atomic mass is 16.7. The number of hydrogen-bond donors (Lipinski definition) is 3. The van der Waals surface area contributed by atoms with E-state index in [1.165, 1.54) is 25.7 Å². The van der Waals surface area contributed by atoms with Gasteiger partial charge in [-0.05, 0) is 44.6 Å². The van der Waals surface area contributed by atoms with Crippen molar-refractivity contribution in [2.45, 2.75) is 108 Å². The lowest BCUT2D eigenvalue weighted by atomic mass is 9.94. The average molecular weight is 504 g/mol. The molecule has 1 aromatic rings. The van der Waals surface area contributed by atoms with Gasteiger partial charge in [-0.15, -0.1) is 0 Å². The van der Waals surface area contributed by atoms with Crippen LogP contribution in [0, 0.1) is 5.92 Å². The number of nitrogens with zero attached hydrogens (tertiary/aromatic N) is 4. The van der Waals surface area contributed by atoms with Gasteiger partial charge in [-0.1, -0.05) is 26.2 Å². The normalized spacial score (nSPS) is 32.4. The number of aliphatic hydroxyl groups excluding tert-OH is 1. The van der Waals surface area contributed by atoms with E-state index < -0.39 is 18.2 Å². The van der Waals surface area contributed by atoms with Crippen LogP contribution in [0.1, 0.15) is 77.6 Å². The maximum atomic E-state index is 10.8. The lowest BCUT2D eigenvalue weighted by Crippen LogP contribution is -2.45. The molecule has 1 aliphatic carbocycles. The largest absolute Gasteiger partial charge is 0.390 e. The summed E-state index contributed by atoms with van der Waals surface area (Å²) < 4.78 is 12.2. The van der Waals surface area contributed by atoms with E-state index in [0.29, 0.717) is 25.4 Å². The van der Waals surface area contributed by atoms with Crippen LogP contribution in [0.25, 0.3) is 0 Å². The molecule has 1 saturated carbocycles. The molecule has 3 aliphatic heterocycles. The maximum Gasteiger partial charge on any atom is 0.224 e. The van der Waals surface area contributed by atoms with Crippen molar-refractivity contribution in [2.75, 3.05) is 42.9 Å². The molecule has 1 aromatic heterocycles. The summed E-state index contributed by atoms with van der Waals surface area (Å²) in [5, 5.41) is 25.2. The zero-order chi connectivity index (χ0) is 25.0. The van der Waals surface area contributed by atoms with Gasteiger partial charge in [0.05, 0.1) is 12.2 Å². The molecule has 9 heteroatoms. The summed E-state index contributed by atoms with van der Waals surface area (Å²) in [5.41, 5.74) is 0. The predicted molar refractivity (Wildman–Crippen MR) is 139 cm³/mol. The highest BCUT2D eigenvalue weighted by molar-refractivity contribution is 5.43. The molecule has 0 unspecified atom stereocenters. The first-order valence-corrected chi connectivity index (χ1v) is 14.3. The van der Waals surface area contributed by atoms with Gasteiger partial charge < -0.3 is 34.8 Å². The Kier molecular flexibility index (Phi) is 8.63. The Morgan fingerprint density at radius 3 is 2.47 bits per heavy atom. The second-order valence-corrected chi connectivity index (χ2v) is 11.4. The molecule has 3 N–H and O–H groups in total. The molecule has 0 radical (unpaired) electrons. The number of nitrogens with one attached hydrogen (secondary N) is 1. The van der Waals surface area contributed by atoms with E-state index in [4.69, 9.17) is 14.5 Å². The standard InChI is InChI=1S/C27H45N5O4/c1-20-24(33)22(35-25(20)36-27(34)12-5-4-6-13-27)19-31-17-10-21(11-18-31)29-26-28-14-9-23(30-26)32-15-7-2-3-8-16-32/h9,14,20-22,24-25,33-34H,2-8,10-13,15-19H2,1H3,(H,28,29,30)/t20-,22-,24-,25-/m1/s1. The minimum absolute atomic E-state index is 0.159. The molecule has 0 amide bonds. The molecular weight excluding hydrogens is 458 g/mol. The molecule has 9 nitrogen and oxygen atoms in total. The Labute approximate surface area is 215 Å². The zero-order valence-corrected chi connectivity index (χ0v) is 21.9. The number of aromatic nitrogens is 2. The van der Waals surface area contributed by atoms with Crippen LogP contribution in [0.15, 0.2) is 12.3 Å². The molecular formula is C27H45N5O4. The topological polar surface area (TPSA) is 103 Å². The fraction of sp³-hybridized carbons (Fsp3) is 0.852. The van der Waals surface area contributed by atoms with Gasteiger partial charge in [0.25, 0.3) is 0 Å². The Bertz CT molecular complexity index is 822. The predicted octanol–water partition coefficient (Wildman–Crippen LogP) is 3.12.